The van der Waals surface area contributed by atoms with Gasteiger partial charge in [0.1, 0.15) is 0 Å². The Morgan fingerprint density at radius 1 is 1.31 bits per heavy atom. The number of sulfonamides is 1. The molecule has 1 aromatic carbocycles. The molecule has 0 radical (unpaired) electrons. The largest absolute Gasteiger partial charge is 1.00 e. The molecule has 0 aliphatic rings. The van der Waals surface area contributed by atoms with Crippen molar-refractivity contribution in [2.45, 2.75) is 4.90 Å². The van der Waals surface area contributed by atoms with E-state index in [1.165, 1.54) is 24.3 Å². The van der Waals surface area contributed by atoms with Crippen LogP contribution in [0.4, 0.5) is 0 Å². The molecule has 0 aromatic heterocycles. The van der Waals surface area contributed by atoms with Crippen LogP contribution in [0.5, 0.6) is 0 Å². The van der Waals surface area contributed by atoms with Gasteiger partial charge in [-0.3, -0.25) is 4.52 Å². The van der Waals surface area contributed by atoms with Gasteiger partial charge >= 0.3 is 37.3 Å². The predicted molar refractivity (Wildman–Crippen MR) is 53.6 cm³/mol. The summed E-state index contributed by atoms with van der Waals surface area (Å²) in [4.78, 5) is 8.86. The van der Waals surface area contributed by atoms with Gasteiger partial charge in [-0.25, -0.2) is 13.0 Å². The molecule has 16 heavy (non-hydrogen) atoms. The molecule has 84 valence electrons. The SMILES string of the molecule is COP(=O)(O)NS(=O)(=O)c1ccccc1.[Na+]. The summed E-state index contributed by atoms with van der Waals surface area (Å²) in [6.45, 7) is 0. The van der Waals surface area contributed by atoms with E-state index in [2.05, 4.69) is 4.52 Å². The summed E-state index contributed by atoms with van der Waals surface area (Å²) in [5.41, 5.74) is 0. The normalized spacial score (nSPS) is 14.9. The Labute approximate surface area is 116 Å². The second-order valence-corrected chi connectivity index (χ2v) is 6.23. The summed E-state index contributed by atoms with van der Waals surface area (Å²) in [6, 6.07) is 7.25. The van der Waals surface area contributed by atoms with E-state index in [1.54, 1.807) is 10.6 Å². The minimum atomic E-state index is -4.30. The Morgan fingerprint density at radius 3 is 2.25 bits per heavy atom. The van der Waals surface area contributed by atoms with Crippen molar-refractivity contribution in [3.05, 3.63) is 30.3 Å². The minimum Gasteiger partial charge on any atom is -0.312 e. The second-order valence-electron chi connectivity index (χ2n) is 2.61. The fraction of sp³-hybridized carbons (Fsp3) is 0.143. The zero-order valence-electron chi connectivity index (χ0n) is 8.82. The molecule has 0 heterocycles. The van der Waals surface area contributed by atoms with Gasteiger partial charge in [-0.2, -0.15) is 0 Å². The van der Waals surface area contributed by atoms with Crippen LogP contribution in [0.3, 0.4) is 0 Å². The Hall–Kier alpha value is 0.280. The van der Waals surface area contributed by atoms with Crippen LogP contribution >= 0.6 is 7.75 Å². The summed E-state index contributed by atoms with van der Waals surface area (Å²) in [7, 11) is -7.38. The van der Waals surface area contributed by atoms with Crippen molar-refractivity contribution >= 4 is 17.8 Å². The number of nitrogens with one attached hydrogen (secondary N) is 1. The minimum absolute atomic E-state index is 0. The molecule has 0 spiro atoms. The molecule has 1 aromatic rings. The van der Waals surface area contributed by atoms with Crippen molar-refractivity contribution in [2.24, 2.45) is 0 Å². The number of hydrogen-bond donors (Lipinski definition) is 2. The average Bonchev–Trinajstić information content (AvgIpc) is 2.18. The number of rotatable bonds is 4. The molecule has 0 bridgehead atoms. The fourth-order valence-electron chi connectivity index (χ4n) is 0.841. The molecule has 1 rings (SSSR count). The van der Waals surface area contributed by atoms with Crippen molar-refractivity contribution in [3.63, 3.8) is 0 Å². The summed E-state index contributed by atoms with van der Waals surface area (Å²) < 4.78 is 39.7. The zero-order valence-corrected chi connectivity index (χ0v) is 12.5. The standard InChI is InChI=1S/C7H10NO5PS.Na/c1-13-14(9,10)8-15(11,12)7-5-3-2-4-6-7;/h2-6H,1H3,(H2,8,9,10);/q;+1. The molecule has 0 saturated heterocycles. The van der Waals surface area contributed by atoms with Gasteiger partial charge in [0.25, 0.3) is 0 Å². The molecule has 1 unspecified atom stereocenters. The first kappa shape index (κ1) is 16.3. The molecule has 2 N–H and O–H groups in total. The molecular weight excluding hydrogens is 264 g/mol. The van der Waals surface area contributed by atoms with Crippen LogP contribution in [0.1, 0.15) is 0 Å². The third-order valence-corrected chi connectivity index (χ3v) is 4.81. The molecule has 0 aliphatic carbocycles. The Balaban J connectivity index is 0.00000225. The second kappa shape index (κ2) is 6.28. The first-order valence-electron chi connectivity index (χ1n) is 3.85. The monoisotopic (exact) mass is 274 g/mol. The summed E-state index contributed by atoms with van der Waals surface area (Å²) in [5, 5.41) is 0. The van der Waals surface area contributed by atoms with Gasteiger partial charge in [0.05, 0.1) is 4.90 Å². The van der Waals surface area contributed by atoms with Gasteiger partial charge in [0.15, 0.2) is 0 Å². The molecule has 0 saturated carbocycles. The quantitative estimate of drug-likeness (QED) is 0.476. The van der Waals surface area contributed by atoms with E-state index in [0.717, 1.165) is 7.11 Å². The van der Waals surface area contributed by atoms with E-state index < -0.39 is 17.8 Å². The average molecular weight is 274 g/mol. The first-order chi connectivity index (χ1) is 6.87. The maximum atomic E-state index is 11.5. The Kier molecular flexibility index (Phi) is 6.39. The smallest absolute Gasteiger partial charge is 0.312 e. The third-order valence-electron chi connectivity index (χ3n) is 1.54. The first-order valence-corrected chi connectivity index (χ1v) is 6.91. The molecule has 0 aliphatic heterocycles. The van der Waals surface area contributed by atoms with E-state index in [-0.39, 0.29) is 34.5 Å². The van der Waals surface area contributed by atoms with Crippen LogP contribution in [-0.2, 0) is 19.1 Å². The maximum Gasteiger partial charge on any atom is 1.00 e. The van der Waals surface area contributed by atoms with Gasteiger partial charge in [-0.15, -0.1) is 4.49 Å². The van der Waals surface area contributed by atoms with Crippen LogP contribution in [0.15, 0.2) is 35.2 Å². The topological polar surface area (TPSA) is 92.7 Å². The van der Waals surface area contributed by atoms with Crippen molar-refractivity contribution in [1.29, 1.82) is 0 Å². The molecule has 0 amide bonds. The summed E-state index contributed by atoms with van der Waals surface area (Å²) in [6.07, 6.45) is 0. The van der Waals surface area contributed by atoms with Crippen molar-refractivity contribution < 1.29 is 52.0 Å². The van der Waals surface area contributed by atoms with E-state index in [1.807, 2.05) is 0 Å². The molecule has 9 heteroatoms. The van der Waals surface area contributed by atoms with Crippen molar-refractivity contribution in [1.82, 2.24) is 4.49 Å². The van der Waals surface area contributed by atoms with E-state index >= 15 is 0 Å². The summed E-state index contributed by atoms with van der Waals surface area (Å²) >= 11 is 0. The van der Waals surface area contributed by atoms with Crippen LogP contribution in [0, 0.1) is 0 Å². The Bertz CT molecular complexity index is 477. The molecular formula is C7H10NNaO5PS+. The summed E-state index contributed by atoms with van der Waals surface area (Å²) in [5.74, 6) is 0. The van der Waals surface area contributed by atoms with Crippen LogP contribution in [0.2, 0.25) is 0 Å². The van der Waals surface area contributed by atoms with Gasteiger partial charge < -0.3 is 4.89 Å². The molecule has 6 nitrogen and oxygen atoms in total. The van der Waals surface area contributed by atoms with Gasteiger partial charge in [-0.1, -0.05) is 18.2 Å². The van der Waals surface area contributed by atoms with Crippen LogP contribution < -0.4 is 34.0 Å². The fourth-order valence-corrected chi connectivity index (χ4v) is 3.29. The van der Waals surface area contributed by atoms with Gasteiger partial charge in [0, 0.05) is 7.11 Å². The van der Waals surface area contributed by atoms with E-state index in [0.29, 0.717) is 0 Å². The number of benzene rings is 1. The van der Waals surface area contributed by atoms with E-state index in [9.17, 15) is 13.0 Å². The van der Waals surface area contributed by atoms with Gasteiger partial charge in [0.2, 0.25) is 10.0 Å². The number of hydrogen-bond acceptors (Lipinski definition) is 4. The van der Waals surface area contributed by atoms with Crippen LogP contribution in [-0.4, -0.2) is 20.4 Å². The van der Waals surface area contributed by atoms with Crippen molar-refractivity contribution in [2.75, 3.05) is 7.11 Å². The van der Waals surface area contributed by atoms with Gasteiger partial charge in [-0.05, 0) is 12.1 Å². The van der Waals surface area contributed by atoms with Crippen molar-refractivity contribution in [3.8, 4) is 0 Å². The van der Waals surface area contributed by atoms with E-state index in [4.69, 9.17) is 4.89 Å². The predicted octanol–water partition coefficient (Wildman–Crippen LogP) is -2.28. The molecule has 1 atom stereocenters. The maximum absolute atomic E-state index is 11.5. The molecule has 0 fully saturated rings. The van der Waals surface area contributed by atoms with Crippen LogP contribution in [0.25, 0.3) is 0 Å². The zero-order chi connectivity index (χ0) is 11.5. The third kappa shape index (κ3) is 4.65. The Morgan fingerprint density at radius 2 is 1.81 bits per heavy atom.